The summed E-state index contributed by atoms with van der Waals surface area (Å²) in [4.78, 5) is 25.9. The first kappa shape index (κ1) is 30.5. The number of hydrogen-bond donors (Lipinski definition) is 0. The molecular formula is C40H38O4. The van der Waals surface area contributed by atoms with Gasteiger partial charge in [0.05, 0.1) is 0 Å². The molecule has 2 unspecified atom stereocenters. The molecule has 0 spiro atoms. The standard InChI is InChI=1S/C40H38O4/c1-5-28(4)29-14-18-32(19-15-29)40(42)34-22-24-35(25-23-34)43-36-8-7-9-37(26-36)44-38(6-2)30-16-20-33(21-17-30)39(41)31-12-10-27(3)11-13-31/h7-26,28,38H,5-6H2,1-4H3. The fourth-order valence-electron chi connectivity index (χ4n) is 5.06. The summed E-state index contributed by atoms with van der Waals surface area (Å²) in [5.74, 6) is 2.41. The van der Waals surface area contributed by atoms with Crippen molar-refractivity contribution in [3.63, 3.8) is 0 Å². The molecule has 0 bridgehead atoms. The number of hydrogen-bond acceptors (Lipinski definition) is 4. The highest BCUT2D eigenvalue weighted by molar-refractivity contribution is 6.09. The summed E-state index contributed by atoms with van der Waals surface area (Å²) >= 11 is 0. The molecule has 0 saturated heterocycles. The number of aryl methyl sites for hydroxylation is 1. The smallest absolute Gasteiger partial charge is 0.193 e. The quantitative estimate of drug-likeness (QED) is 0.137. The molecule has 5 rings (SSSR count). The molecular weight excluding hydrogens is 544 g/mol. The fourth-order valence-corrected chi connectivity index (χ4v) is 5.06. The number of ether oxygens (including phenoxy) is 2. The van der Waals surface area contributed by atoms with Crippen LogP contribution in [0.25, 0.3) is 0 Å². The number of ketones is 2. The van der Waals surface area contributed by atoms with Crippen molar-refractivity contribution in [3.8, 4) is 17.2 Å². The normalized spacial score (nSPS) is 12.3. The maximum Gasteiger partial charge on any atom is 0.193 e. The summed E-state index contributed by atoms with van der Waals surface area (Å²) in [6, 6.07) is 37.9. The van der Waals surface area contributed by atoms with Crippen molar-refractivity contribution >= 4 is 11.6 Å². The van der Waals surface area contributed by atoms with Crippen LogP contribution >= 0.6 is 0 Å². The molecule has 0 heterocycles. The second kappa shape index (κ2) is 14.0. The summed E-state index contributed by atoms with van der Waals surface area (Å²) < 4.78 is 12.4. The summed E-state index contributed by atoms with van der Waals surface area (Å²) in [5, 5.41) is 0. The molecule has 0 radical (unpaired) electrons. The maximum atomic E-state index is 13.0. The van der Waals surface area contributed by atoms with E-state index in [0.717, 1.165) is 24.0 Å². The molecule has 2 atom stereocenters. The van der Waals surface area contributed by atoms with Gasteiger partial charge in [0.2, 0.25) is 0 Å². The van der Waals surface area contributed by atoms with E-state index in [0.29, 0.717) is 45.4 Å². The molecule has 0 fully saturated rings. The van der Waals surface area contributed by atoms with Crippen LogP contribution in [0.5, 0.6) is 17.2 Å². The highest BCUT2D eigenvalue weighted by Crippen LogP contribution is 2.30. The van der Waals surface area contributed by atoms with Gasteiger partial charge < -0.3 is 9.47 Å². The van der Waals surface area contributed by atoms with Gasteiger partial charge in [0.15, 0.2) is 11.6 Å². The van der Waals surface area contributed by atoms with E-state index in [1.165, 1.54) is 5.56 Å². The third-order valence-electron chi connectivity index (χ3n) is 8.02. The van der Waals surface area contributed by atoms with E-state index in [2.05, 4.69) is 20.8 Å². The maximum absolute atomic E-state index is 13.0. The Morgan fingerprint density at radius 2 is 1.05 bits per heavy atom. The molecule has 5 aromatic rings. The van der Waals surface area contributed by atoms with E-state index < -0.39 is 0 Å². The molecule has 4 nitrogen and oxygen atoms in total. The van der Waals surface area contributed by atoms with Gasteiger partial charge >= 0.3 is 0 Å². The largest absolute Gasteiger partial charge is 0.486 e. The minimum absolute atomic E-state index is 0.00324. The summed E-state index contributed by atoms with van der Waals surface area (Å²) in [7, 11) is 0. The minimum Gasteiger partial charge on any atom is -0.486 e. The zero-order valence-corrected chi connectivity index (χ0v) is 25.7. The van der Waals surface area contributed by atoms with Crippen LogP contribution in [0, 0.1) is 6.92 Å². The number of rotatable bonds is 12. The molecule has 0 aliphatic rings. The fraction of sp³-hybridized carbons (Fsp3) is 0.200. The second-order valence-electron chi connectivity index (χ2n) is 11.2. The molecule has 0 amide bonds. The van der Waals surface area contributed by atoms with E-state index in [1.807, 2.05) is 116 Å². The van der Waals surface area contributed by atoms with Crippen molar-refractivity contribution in [1.82, 2.24) is 0 Å². The zero-order valence-electron chi connectivity index (χ0n) is 25.7. The molecule has 222 valence electrons. The van der Waals surface area contributed by atoms with Gasteiger partial charge in [-0.25, -0.2) is 0 Å². The number of carbonyl (C=O) groups is 2. The Labute approximate surface area is 260 Å². The first-order chi connectivity index (χ1) is 21.3. The second-order valence-corrected chi connectivity index (χ2v) is 11.2. The van der Waals surface area contributed by atoms with Crippen LogP contribution in [0.1, 0.15) is 94.2 Å². The van der Waals surface area contributed by atoms with E-state index in [4.69, 9.17) is 9.47 Å². The van der Waals surface area contributed by atoms with Crippen LogP contribution in [0.15, 0.2) is 121 Å². The van der Waals surface area contributed by atoms with Crippen LogP contribution in [-0.2, 0) is 0 Å². The Hall–Kier alpha value is -4.96. The lowest BCUT2D eigenvalue weighted by molar-refractivity contribution is 0.103. The third-order valence-corrected chi connectivity index (χ3v) is 8.02. The molecule has 44 heavy (non-hydrogen) atoms. The Morgan fingerprint density at radius 3 is 1.57 bits per heavy atom. The van der Waals surface area contributed by atoms with Gasteiger partial charge in [0.1, 0.15) is 23.4 Å². The zero-order chi connectivity index (χ0) is 31.1. The van der Waals surface area contributed by atoms with Crippen molar-refractivity contribution in [1.29, 1.82) is 0 Å². The lowest BCUT2D eigenvalue weighted by Gasteiger charge is -2.19. The van der Waals surface area contributed by atoms with Gasteiger partial charge in [0, 0.05) is 28.3 Å². The lowest BCUT2D eigenvalue weighted by atomic mass is 9.95. The molecule has 0 aromatic heterocycles. The number of carbonyl (C=O) groups excluding carboxylic acids is 2. The molecule has 0 saturated carbocycles. The SMILES string of the molecule is CCC(C)c1ccc(C(=O)c2ccc(Oc3cccc(OC(CC)c4ccc(C(=O)c5ccc(C)cc5)cc4)c3)cc2)cc1. The summed E-state index contributed by atoms with van der Waals surface area (Å²) in [5.41, 5.74) is 5.97. The first-order valence-electron chi connectivity index (χ1n) is 15.2. The highest BCUT2D eigenvalue weighted by atomic mass is 16.5. The van der Waals surface area contributed by atoms with Crippen molar-refractivity contribution in [2.75, 3.05) is 0 Å². The van der Waals surface area contributed by atoms with Crippen molar-refractivity contribution in [2.45, 2.75) is 52.6 Å². The average molecular weight is 583 g/mol. The van der Waals surface area contributed by atoms with Crippen molar-refractivity contribution in [2.24, 2.45) is 0 Å². The number of benzene rings is 5. The van der Waals surface area contributed by atoms with E-state index in [1.54, 1.807) is 12.1 Å². The summed E-state index contributed by atoms with van der Waals surface area (Å²) in [6.45, 7) is 8.43. The van der Waals surface area contributed by atoms with Crippen LogP contribution < -0.4 is 9.47 Å². The predicted molar refractivity (Wildman–Crippen MR) is 176 cm³/mol. The topological polar surface area (TPSA) is 52.6 Å². The van der Waals surface area contributed by atoms with Crippen LogP contribution in [0.2, 0.25) is 0 Å². The Morgan fingerprint density at radius 1 is 0.568 bits per heavy atom. The minimum atomic E-state index is -0.182. The van der Waals surface area contributed by atoms with Gasteiger partial charge in [-0.2, -0.15) is 0 Å². The van der Waals surface area contributed by atoms with E-state index in [9.17, 15) is 9.59 Å². The van der Waals surface area contributed by atoms with Gasteiger partial charge in [0.25, 0.3) is 0 Å². The molecule has 4 heteroatoms. The van der Waals surface area contributed by atoms with Crippen molar-refractivity contribution in [3.05, 3.63) is 160 Å². The van der Waals surface area contributed by atoms with Crippen LogP contribution in [0.3, 0.4) is 0 Å². The van der Waals surface area contributed by atoms with Gasteiger partial charge in [-0.15, -0.1) is 0 Å². The average Bonchev–Trinajstić information content (AvgIpc) is 3.07. The Kier molecular flexibility index (Phi) is 9.71. The van der Waals surface area contributed by atoms with E-state index in [-0.39, 0.29) is 17.7 Å². The van der Waals surface area contributed by atoms with Crippen LogP contribution in [-0.4, -0.2) is 11.6 Å². The van der Waals surface area contributed by atoms with Gasteiger partial charge in [-0.05, 0) is 73.2 Å². The first-order valence-corrected chi connectivity index (χ1v) is 15.2. The Balaban J connectivity index is 1.22. The molecule has 5 aromatic carbocycles. The monoisotopic (exact) mass is 582 g/mol. The molecule has 0 N–H and O–H groups in total. The van der Waals surface area contributed by atoms with E-state index >= 15 is 0 Å². The van der Waals surface area contributed by atoms with Gasteiger partial charge in [-0.1, -0.05) is 105 Å². The van der Waals surface area contributed by atoms with Crippen LogP contribution in [0.4, 0.5) is 0 Å². The highest BCUT2D eigenvalue weighted by Gasteiger charge is 2.15. The molecule has 0 aliphatic heterocycles. The van der Waals surface area contributed by atoms with Crippen molar-refractivity contribution < 1.29 is 19.1 Å². The molecule has 0 aliphatic carbocycles. The summed E-state index contributed by atoms with van der Waals surface area (Å²) in [6.07, 6.45) is 1.64. The Bertz CT molecular complexity index is 1700. The third kappa shape index (κ3) is 7.33. The lowest BCUT2D eigenvalue weighted by Crippen LogP contribution is -2.07. The predicted octanol–water partition coefficient (Wildman–Crippen LogP) is 10.3. The van der Waals surface area contributed by atoms with Gasteiger partial charge in [-0.3, -0.25) is 9.59 Å².